The molecule has 0 radical (unpaired) electrons. The molecule has 2 N–H and O–H groups in total. The molecule has 1 amide bonds. The van der Waals surface area contributed by atoms with Crippen LogP contribution in [0.4, 0.5) is 4.39 Å². The number of quaternary nitrogens is 1. The maximum absolute atomic E-state index is 13.4. The summed E-state index contributed by atoms with van der Waals surface area (Å²) < 4.78 is 15.2. The summed E-state index contributed by atoms with van der Waals surface area (Å²) in [5.74, 6) is 0.206. The lowest BCUT2D eigenvalue weighted by Gasteiger charge is -2.27. The molecule has 7 nitrogen and oxygen atoms in total. The first-order valence-electron chi connectivity index (χ1n) is 9.45. The molecular weight excluding hydrogens is 391 g/mol. The number of carbonyl (C=O) groups is 1. The monoisotopic (exact) mass is 419 g/mol. The molecule has 29 heavy (non-hydrogen) atoms. The molecule has 0 aliphatic carbocycles. The van der Waals surface area contributed by atoms with Crippen molar-refractivity contribution < 1.29 is 14.1 Å². The van der Waals surface area contributed by atoms with E-state index in [2.05, 4.69) is 21.6 Å². The Morgan fingerprint density at radius 1 is 1.31 bits per heavy atom. The third kappa shape index (κ3) is 5.34. The quantitative estimate of drug-likeness (QED) is 0.637. The zero-order chi connectivity index (χ0) is 21.8. The van der Waals surface area contributed by atoms with Crippen LogP contribution in [0, 0.1) is 23.1 Å². The van der Waals surface area contributed by atoms with Crippen molar-refractivity contribution in [1.82, 2.24) is 20.1 Å². The number of amides is 1. The summed E-state index contributed by atoms with van der Waals surface area (Å²) >= 11 is 1.23. The van der Waals surface area contributed by atoms with E-state index in [0.717, 1.165) is 16.4 Å². The van der Waals surface area contributed by atoms with E-state index in [0.29, 0.717) is 5.16 Å². The highest BCUT2D eigenvalue weighted by Gasteiger charge is 2.30. The van der Waals surface area contributed by atoms with E-state index < -0.39 is 5.54 Å². The van der Waals surface area contributed by atoms with E-state index in [1.807, 2.05) is 39.4 Å². The minimum Gasteiger partial charge on any atom is -0.337 e. The number of nitrogens with one attached hydrogen (secondary N) is 2. The van der Waals surface area contributed by atoms with Gasteiger partial charge in [-0.1, -0.05) is 25.6 Å². The molecule has 9 heteroatoms. The molecule has 0 fully saturated rings. The highest BCUT2D eigenvalue weighted by molar-refractivity contribution is 7.99. The summed E-state index contributed by atoms with van der Waals surface area (Å²) in [7, 11) is 4.03. The second-order valence-electron chi connectivity index (χ2n) is 7.76. The van der Waals surface area contributed by atoms with Crippen LogP contribution in [-0.4, -0.2) is 46.1 Å². The molecule has 2 rings (SSSR count). The van der Waals surface area contributed by atoms with Crippen molar-refractivity contribution in [1.29, 1.82) is 5.26 Å². The lowest BCUT2D eigenvalue weighted by atomic mass is 9.90. The fourth-order valence-electron chi connectivity index (χ4n) is 2.50. The topological polar surface area (TPSA) is 88.0 Å². The van der Waals surface area contributed by atoms with Crippen LogP contribution in [0.5, 0.6) is 0 Å². The van der Waals surface area contributed by atoms with E-state index in [9.17, 15) is 14.4 Å². The van der Waals surface area contributed by atoms with Crippen molar-refractivity contribution in [2.24, 2.45) is 5.92 Å². The molecule has 0 spiro atoms. The number of hydrogen-bond acceptors (Lipinski definition) is 5. The van der Waals surface area contributed by atoms with Gasteiger partial charge < -0.3 is 10.2 Å². The molecule has 0 aliphatic rings. The first-order valence-corrected chi connectivity index (χ1v) is 10.4. The average molecular weight is 420 g/mol. The summed E-state index contributed by atoms with van der Waals surface area (Å²) in [5.41, 5.74) is -0.206. The minimum absolute atomic E-state index is 0.0279. The fraction of sp³-hybridized carbons (Fsp3) is 0.500. The predicted octanol–water partition coefficient (Wildman–Crippen LogP) is 1.76. The van der Waals surface area contributed by atoms with Crippen molar-refractivity contribution in [3.05, 3.63) is 35.9 Å². The van der Waals surface area contributed by atoms with Crippen LogP contribution >= 0.6 is 11.8 Å². The van der Waals surface area contributed by atoms with Crippen LogP contribution in [0.25, 0.3) is 5.69 Å². The molecule has 0 aliphatic heterocycles. The highest BCUT2D eigenvalue weighted by atomic mass is 32.2. The lowest BCUT2D eigenvalue weighted by molar-refractivity contribution is -0.890. The maximum Gasteiger partial charge on any atom is 0.231 e. The Morgan fingerprint density at radius 2 is 1.93 bits per heavy atom. The highest BCUT2D eigenvalue weighted by Crippen LogP contribution is 2.25. The molecule has 1 aromatic heterocycles. The Bertz CT molecular complexity index is 889. The second-order valence-corrected chi connectivity index (χ2v) is 8.70. The molecule has 2 aromatic rings. The summed E-state index contributed by atoms with van der Waals surface area (Å²) in [6.45, 7) is 7.51. The Balaban J connectivity index is 2.28. The Kier molecular flexibility index (Phi) is 7.38. The fourth-order valence-corrected chi connectivity index (χ4v) is 3.26. The van der Waals surface area contributed by atoms with Gasteiger partial charge in [0.05, 0.1) is 25.9 Å². The van der Waals surface area contributed by atoms with Gasteiger partial charge in [0, 0.05) is 5.69 Å². The third-order valence-electron chi connectivity index (χ3n) is 5.11. The molecule has 0 saturated heterocycles. The standard InChI is InChI=1S/C20H27FN6OS/c1-13(2)20(4,12-22)23-17(28)11-29-19-25-24-18(14(3)26(5)6)27(19)16-9-7-15(21)8-10-16/h7-10,13-14H,11H2,1-6H3,(H,23,28)/p+1/t14-,20+/m0/s1. The van der Waals surface area contributed by atoms with Crippen LogP contribution in [0.2, 0.25) is 0 Å². The van der Waals surface area contributed by atoms with Crippen molar-refractivity contribution >= 4 is 17.7 Å². The zero-order valence-electron chi connectivity index (χ0n) is 17.7. The molecule has 1 aromatic carbocycles. The Morgan fingerprint density at radius 3 is 2.45 bits per heavy atom. The van der Waals surface area contributed by atoms with Crippen LogP contribution in [0.3, 0.4) is 0 Å². The smallest absolute Gasteiger partial charge is 0.231 e. The van der Waals surface area contributed by atoms with Crippen molar-refractivity contribution in [2.45, 2.75) is 44.4 Å². The average Bonchev–Trinajstić information content (AvgIpc) is 3.09. The van der Waals surface area contributed by atoms with Gasteiger partial charge in [0.25, 0.3) is 0 Å². The first kappa shape index (κ1) is 22.8. The van der Waals surface area contributed by atoms with E-state index in [4.69, 9.17) is 0 Å². The zero-order valence-corrected chi connectivity index (χ0v) is 18.5. The number of hydrogen-bond donors (Lipinski definition) is 2. The molecule has 0 bridgehead atoms. The normalized spacial score (nSPS) is 14.5. The number of nitrogens with zero attached hydrogens (tertiary/aromatic N) is 4. The summed E-state index contributed by atoms with van der Waals surface area (Å²) in [4.78, 5) is 13.6. The first-order chi connectivity index (χ1) is 13.6. The van der Waals surface area contributed by atoms with Gasteiger partial charge in [-0.3, -0.25) is 9.36 Å². The number of aromatic nitrogens is 3. The summed E-state index contributed by atoms with van der Waals surface area (Å²) in [6.07, 6.45) is 0. The SMILES string of the molecule is CC(C)[C@@](C)(C#N)NC(=O)CSc1nnc([C@H](C)[NH+](C)C)n1-c1ccc(F)cc1. The molecule has 1 heterocycles. The number of nitriles is 1. The van der Waals surface area contributed by atoms with Crippen LogP contribution in [-0.2, 0) is 4.79 Å². The van der Waals surface area contributed by atoms with Crippen LogP contribution in [0.15, 0.2) is 29.4 Å². The van der Waals surface area contributed by atoms with Gasteiger partial charge in [0.15, 0.2) is 11.0 Å². The number of carbonyl (C=O) groups excluding carboxylic acids is 1. The predicted molar refractivity (Wildman–Crippen MR) is 110 cm³/mol. The van der Waals surface area contributed by atoms with Gasteiger partial charge in [0.2, 0.25) is 5.91 Å². The molecule has 2 atom stereocenters. The largest absolute Gasteiger partial charge is 0.337 e. The van der Waals surface area contributed by atoms with Crippen molar-refractivity contribution in [2.75, 3.05) is 19.8 Å². The van der Waals surface area contributed by atoms with Gasteiger partial charge in [-0.2, -0.15) is 5.26 Å². The van der Waals surface area contributed by atoms with Gasteiger partial charge in [-0.15, -0.1) is 10.2 Å². The lowest BCUT2D eigenvalue weighted by Crippen LogP contribution is -3.05. The van der Waals surface area contributed by atoms with E-state index in [1.165, 1.54) is 23.9 Å². The Hall–Kier alpha value is -2.44. The molecule has 0 saturated carbocycles. The summed E-state index contributed by atoms with van der Waals surface area (Å²) in [5, 5.41) is 21.3. The van der Waals surface area contributed by atoms with Crippen molar-refractivity contribution in [3.63, 3.8) is 0 Å². The number of thioether (sulfide) groups is 1. The number of halogens is 1. The maximum atomic E-state index is 13.4. The molecular formula is C20H28FN6OS+. The molecule has 0 unspecified atom stereocenters. The Labute approximate surface area is 175 Å². The van der Waals surface area contributed by atoms with E-state index >= 15 is 0 Å². The summed E-state index contributed by atoms with van der Waals surface area (Å²) in [6, 6.07) is 8.30. The molecule has 156 valence electrons. The van der Waals surface area contributed by atoms with E-state index in [-0.39, 0.29) is 29.4 Å². The van der Waals surface area contributed by atoms with E-state index in [1.54, 1.807) is 19.1 Å². The van der Waals surface area contributed by atoms with Gasteiger partial charge in [0.1, 0.15) is 17.4 Å². The van der Waals surface area contributed by atoms with Crippen LogP contribution in [0.1, 0.15) is 39.6 Å². The minimum atomic E-state index is -0.934. The number of rotatable bonds is 8. The van der Waals surface area contributed by atoms with Crippen molar-refractivity contribution in [3.8, 4) is 11.8 Å². The van der Waals surface area contributed by atoms with Gasteiger partial charge in [-0.25, -0.2) is 4.39 Å². The number of benzene rings is 1. The third-order valence-corrected chi connectivity index (χ3v) is 6.04. The van der Waals surface area contributed by atoms with Crippen LogP contribution < -0.4 is 10.2 Å². The van der Waals surface area contributed by atoms with Gasteiger partial charge >= 0.3 is 0 Å². The second kappa shape index (κ2) is 9.37. The van der Waals surface area contributed by atoms with Gasteiger partial charge in [-0.05, 0) is 44.0 Å².